The molecule has 1 aliphatic carbocycles. The molecule has 2 heterocycles. The summed E-state index contributed by atoms with van der Waals surface area (Å²) in [7, 11) is -3.58. The second-order valence-corrected chi connectivity index (χ2v) is 9.68. The van der Waals surface area contributed by atoms with Crippen LogP contribution in [0.1, 0.15) is 38.6 Å². The number of nitrogens with one attached hydrogen (secondary N) is 1. The number of piperidine rings is 1. The largest absolute Gasteiger partial charge is 0.311 e. The van der Waals surface area contributed by atoms with Crippen LogP contribution in [0.5, 0.6) is 0 Å². The van der Waals surface area contributed by atoms with E-state index in [0.29, 0.717) is 31.1 Å². The number of anilines is 1. The molecule has 0 spiro atoms. The zero-order chi connectivity index (χ0) is 19.7. The Balaban J connectivity index is 1.45. The van der Waals surface area contributed by atoms with Crippen molar-refractivity contribution in [1.82, 2.24) is 14.1 Å². The van der Waals surface area contributed by atoms with E-state index in [4.69, 9.17) is 0 Å². The van der Waals surface area contributed by atoms with Crippen molar-refractivity contribution < 1.29 is 13.2 Å². The van der Waals surface area contributed by atoms with Gasteiger partial charge >= 0.3 is 0 Å². The minimum atomic E-state index is -3.58. The van der Waals surface area contributed by atoms with Crippen molar-refractivity contribution in [2.75, 3.05) is 18.4 Å². The summed E-state index contributed by atoms with van der Waals surface area (Å²) in [6.07, 6.45) is 5.44. The normalized spacial score (nSPS) is 22.0. The highest BCUT2D eigenvalue weighted by Gasteiger charge is 2.34. The van der Waals surface area contributed by atoms with Crippen LogP contribution >= 0.6 is 0 Å². The van der Waals surface area contributed by atoms with Crippen LogP contribution in [-0.2, 0) is 14.8 Å². The number of carbonyl (C=O) groups is 1. The fourth-order valence-electron chi connectivity index (χ4n) is 3.86. The highest BCUT2D eigenvalue weighted by atomic mass is 32.2. The molecule has 0 radical (unpaired) electrons. The first kappa shape index (κ1) is 19.1. The Hall–Kier alpha value is -2.19. The molecule has 1 N–H and O–H groups in total. The zero-order valence-corrected chi connectivity index (χ0v) is 16.8. The number of aromatic nitrogens is 2. The van der Waals surface area contributed by atoms with E-state index in [-0.39, 0.29) is 29.3 Å². The molecule has 1 aliphatic heterocycles. The van der Waals surface area contributed by atoms with E-state index in [2.05, 4.69) is 17.3 Å². The van der Waals surface area contributed by atoms with Gasteiger partial charge in [0.1, 0.15) is 5.82 Å². The van der Waals surface area contributed by atoms with Gasteiger partial charge in [0, 0.05) is 19.2 Å². The Morgan fingerprint density at radius 3 is 2.64 bits per heavy atom. The van der Waals surface area contributed by atoms with Gasteiger partial charge in [-0.1, -0.05) is 18.2 Å². The number of sulfonamides is 1. The van der Waals surface area contributed by atoms with E-state index in [1.165, 1.54) is 17.1 Å². The van der Waals surface area contributed by atoms with Crippen molar-refractivity contribution in [3.63, 3.8) is 0 Å². The fraction of sp³-hybridized carbons (Fsp3) is 0.500. The second-order valence-electron chi connectivity index (χ2n) is 7.74. The van der Waals surface area contributed by atoms with Crippen LogP contribution in [0.4, 0.5) is 5.82 Å². The molecule has 8 heteroatoms. The van der Waals surface area contributed by atoms with Crippen LogP contribution in [0.15, 0.2) is 47.5 Å². The summed E-state index contributed by atoms with van der Waals surface area (Å²) in [6.45, 7) is 2.77. The van der Waals surface area contributed by atoms with Gasteiger partial charge in [-0.15, -0.1) is 0 Å². The number of rotatable bonds is 6. The molecule has 2 aliphatic rings. The highest BCUT2D eigenvalue weighted by Crippen LogP contribution is 2.40. The highest BCUT2D eigenvalue weighted by molar-refractivity contribution is 7.89. The average Bonchev–Trinajstić information content (AvgIpc) is 3.47. The monoisotopic (exact) mass is 402 g/mol. The zero-order valence-electron chi connectivity index (χ0n) is 16.0. The predicted octanol–water partition coefficient (Wildman–Crippen LogP) is 2.89. The summed E-state index contributed by atoms with van der Waals surface area (Å²) in [5, 5.41) is 7.34. The van der Waals surface area contributed by atoms with E-state index in [1.807, 2.05) is 4.68 Å². The molecule has 7 nitrogen and oxygen atoms in total. The van der Waals surface area contributed by atoms with Crippen molar-refractivity contribution in [3.8, 4) is 0 Å². The molecular formula is C20H26N4O3S. The Labute approximate surface area is 165 Å². The SMILES string of the molecule is CC(C1CC1)n1nccc1NC(=O)C1CCCN(S(=O)(=O)c2ccccc2)C1. The first-order chi connectivity index (χ1) is 13.5. The van der Waals surface area contributed by atoms with E-state index >= 15 is 0 Å². The molecule has 2 unspecified atom stereocenters. The van der Waals surface area contributed by atoms with Crippen LogP contribution < -0.4 is 5.32 Å². The average molecular weight is 403 g/mol. The number of hydrogen-bond donors (Lipinski definition) is 1. The van der Waals surface area contributed by atoms with Gasteiger partial charge in [0.05, 0.1) is 23.1 Å². The third-order valence-electron chi connectivity index (χ3n) is 5.75. The number of hydrogen-bond acceptors (Lipinski definition) is 4. The summed E-state index contributed by atoms with van der Waals surface area (Å²) in [5.74, 6) is 0.800. The summed E-state index contributed by atoms with van der Waals surface area (Å²) >= 11 is 0. The minimum absolute atomic E-state index is 0.141. The molecule has 1 aromatic heterocycles. The molecule has 4 rings (SSSR count). The van der Waals surface area contributed by atoms with E-state index in [1.54, 1.807) is 42.6 Å². The smallest absolute Gasteiger partial charge is 0.243 e. The number of carbonyl (C=O) groups excluding carboxylic acids is 1. The molecule has 1 saturated heterocycles. The molecule has 1 saturated carbocycles. The molecule has 2 fully saturated rings. The third-order valence-corrected chi connectivity index (χ3v) is 7.63. The molecule has 28 heavy (non-hydrogen) atoms. The lowest BCUT2D eigenvalue weighted by atomic mass is 9.99. The maximum absolute atomic E-state index is 12.9. The minimum Gasteiger partial charge on any atom is -0.311 e. The van der Waals surface area contributed by atoms with Crippen LogP contribution in [0, 0.1) is 11.8 Å². The third kappa shape index (κ3) is 3.84. The summed E-state index contributed by atoms with van der Waals surface area (Å²) in [4.78, 5) is 13.1. The molecule has 2 aromatic rings. The lowest BCUT2D eigenvalue weighted by Crippen LogP contribution is -2.43. The van der Waals surface area contributed by atoms with E-state index < -0.39 is 10.0 Å². The van der Waals surface area contributed by atoms with Gasteiger partial charge in [-0.3, -0.25) is 4.79 Å². The van der Waals surface area contributed by atoms with Gasteiger partial charge in [0.25, 0.3) is 0 Å². The van der Waals surface area contributed by atoms with Crippen LogP contribution in [0.25, 0.3) is 0 Å². The first-order valence-corrected chi connectivity index (χ1v) is 11.3. The summed E-state index contributed by atoms with van der Waals surface area (Å²) in [5.41, 5.74) is 0. The molecule has 0 bridgehead atoms. The second kappa shape index (κ2) is 7.67. The van der Waals surface area contributed by atoms with Gasteiger partial charge < -0.3 is 5.32 Å². The lowest BCUT2D eigenvalue weighted by molar-refractivity contribution is -0.120. The maximum Gasteiger partial charge on any atom is 0.243 e. The van der Waals surface area contributed by atoms with E-state index in [9.17, 15) is 13.2 Å². The Kier molecular flexibility index (Phi) is 5.25. The first-order valence-electron chi connectivity index (χ1n) is 9.86. The molecule has 1 amide bonds. The van der Waals surface area contributed by atoms with Crippen molar-refractivity contribution in [2.24, 2.45) is 11.8 Å². The molecule has 2 atom stereocenters. The topological polar surface area (TPSA) is 84.3 Å². The Morgan fingerprint density at radius 2 is 1.93 bits per heavy atom. The van der Waals surface area contributed by atoms with Gasteiger partial charge in [0.2, 0.25) is 15.9 Å². The van der Waals surface area contributed by atoms with Crippen LogP contribution in [0.2, 0.25) is 0 Å². The number of nitrogens with zero attached hydrogens (tertiary/aromatic N) is 3. The lowest BCUT2D eigenvalue weighted by Gasteiger charge is -2.31. The fourth-order valence-corrected chi connectivity index (χ4v) is 5.41. The van der Waals surface area contributed by atoms with Crippen molar-refractivity contribution in [2.45, 2.75) is 43.5 Å². The Morgan fingerprint density at radius 1 is 1.18 bits per heavy atom. The summed E-state index contributed by atoms with van der Waals surface area (Å²) in [6, 6.07) is 10.5. The van der Waals surface area contributed by atoms with Gasteiger partial charge in [-0.2, -0.15) is 9.40 Å². The van der Waals surface area contributed by atoms with Gasteiger partial charge in [0.15, 0.2) is 0 Å². The Bertz CT molecular complexity index is 937. The van der Waals surface area contributed by atoms with Crippen molar-refractivity contribution in [3.05, 3.63) is 42.6 Å². The number of benzene rings is 1. The van der Waals surface area contributed by atoms with Crippen LogP contribution in [0.3, 0.4) is 0 Å². The molecule has 150 valence electrons. The van der Waals surface area contributed by atoms with E-state index in [0.717, 1.165) is 0 Å². The predicted molar refractivity (Wildman–Crippen MR) is 106 cm³/mol. The standard InChI is InChI=1S/C20H26N4O3S/c1-15(16-9-10-16)24-19(11-12-21-24)22-20(25)17-6-5-13-23(14-17)28(26,27)18-7-3-2-4-8-18/h2-4,7-8,11-12,15-17H,5-6,9-10,13-14H2,1H3,(H,22,25). The van der Waals surface area contributed by atoms with Crippen LogP contribution in [-0.4, -0.2) is 41.5 Å². The van der Waals surface area contributed by atoms with Crippen molar-refractivity contribution in [1.29, 1.82) is 0 Å². The molecular weight excluding hydrogens is 376 g/mol. The maximum atomic E-state index is 12.9. The molecule has 1 aromatic carbocycles. The van der Waals surface area contributed by atoms with Crippen molar-refractivity contribution >= 4 is 21.7 Å². The quantitative estimate of drug-likeness (QED) is 0.805. The summed E-state index contributed by atoms with van der Waals surface area (Å²) < 4.78 is 29.1. The van der Waals surface area contributed by atoms with Gasteiger partial charge in [-0.05, 0) is 50.7 Å². The van der Waals surface area contributed by atoms with Gasteiger partial charge in [-0.25, -0.2) is 13.1 Å². The number of amides is 1.